The van der Waals surface area contributed by atoms with Crippen LogP contribution in [-0.2, 0) is 20.9 Å². The molecule has 224 valence electrons. The average Bonchev–Trinajstić information content (AvgIpc) is 2.95. The summed E-state index contributed by atoms with van der Waals surface area (Å²) in [7, 11) is 0. The SMILES string of the molecule is CC(=O)N(NCc1cccc(F)c1Cl)[C@@H](CCC(=O)N1CCNC(C)(C)C1)COC(=O)Nc1cc2ccccc2cn1. The van der Waals surface area contributed by atoms with E-state index in [-0.39, 0.29) is 48.4 Å². The van der Waals surface area contributed by atoms with Gasteiger partial charge in [0.15, 0.2) is 0 Å². The van der Waals surface area contributed by atoms with Gasteiger partial charge < -0.3 is 15.0 Å². The third-order valence-corrected chi connectivity index (χ3v) is 7.48. The molecule has 1 atom stereocenters. The molecule has 3 N–H and O–H groups in total. The van der Waals surface area contributed by atoms with Gasteiger partial charge in [0.1, 0.15) is 18.2 Å². The minimum absolute atomic E-state index is 0.0415. The average molecular weight is 599 g/mol. The number of carbonyl (C=O) groups excluding carboxylic acids is 3. The van der Waals surface area contributed by atoms with E-state index in [1.807, 2.05) is 38.1 Å². The molecule has 1 aliphatic rings. The summed E-state index contributed by atoms with van der Waals surface area (Å²) in [4.78, 5) is 44.6. The molecule has 1 fully saturated rings. The minimum atomic E-state index is -0.755. The van der Waals surface area contributed by atoms with Crippen LogP contribution >= 0.6 is 11.6 Å². The Bertz CT molecular complexity index is 1440. The first-order valence-electron chi connectivity index (χ1n) is 13.8. The number of halogens is 2. The van der Waals surface area contributed by atoms with Crippen LogP contribution in [0.3, 0.4) is 0 Å². The minimum Gasteiger partial charge on any atom is -0.447 e. The van der Waals surface area contributed by atoms with E-state index in [1.54, 1.807) is 23.2 Å². The summed E-state index contributed by atoms with van der Waals surface area (Å²) in [5.41, 5.74) is 3.23. The zero-order valence-corrected chi connectivity index (χ0v) is 24.7. The van der Waals surface area contributed by atoms with Crippen molar-refractivity contribution in [2.24, 2.45) is 0 Å². The summed E-state index contributed by atoms with van der Waals surface area (Å²) in [5, 5.41) is 9.07. The second-order valence-electron chi connectivity index (χ2n) is 10.9. The third-order valence-electron chi connectivity index (χ3n) is 7.06. The van der Waals surface area contributed by atoms with E-state index in [2.05, 4.69) is 21.0 Å². The van der Waals surface area contributed by atoms with Gasteiger partial charge in [-0.2, -0.15) is 0 Å². The number of fused-ring (bicyclic) bond motifs is 1. The highest BCUT2D eigenvalue weighted by atomic mass is 35.5. The first kappa shape index (κ1) is 31.1. The van der Waals surface area contributed by atoms with Crippen molar-refractivity contribution in [3.8, 4) is 0 Å². The van der Waals surface area contributed by atoms with Gasteiger partial charge in [0.05, 0.1) is 11.1 Å². The Morgan fingerprint density at radius 2 is 1.95 bits per heavy atom. The van der Waals surface area contributed by atoms with Crippen LogP contribution in [0.1, 0.15) is 39.2 Å². The Hall–Kier alpha value is -3.80. The summed E-state index contributed by atoms with van der Waals surface area (Å²) < 4.78 is 19.5. The number of nitrogens with zero attached hydrogens (tertiary/aromatic N) is 3. The van der Waals surface area contributed by atoms with E-state index in [4.69, 9.17) is 16.3 Å². The van der Waals surface area contributed by atoms with Crippen LogP contribution in [0.5, 0.6) is 0 Å². The van der Waals surface area contributed by atoms with E-state index in [1.165, 1.54) is 24.1 Å². The molecule has 1 saturated heterocycles. The van der Waals surface area contributed by atoms with Crippen molar-refractivity contribution in [1.82, 2.24) is 25.6 Å². The van der Waals surface area contributed by atoms with Gasteiger partial charge in [0.2, 0.25) is 11.8 Å². The van der Waals surface area contributed by atoms with Gasteiger partial charge >= 0.3 is 6.09 Å². The number of rotatable bonds is 10. The number of hydrazine groups is 1. The fraction of sp³-hybridized carbons (Fsp3) is 0.400. The Labute approximate surface area is 249 Å². The molecule has 2 aromatic carbocycles. The second-order valence-corrected chi connectivity index (χ2v) is 11.3. The van der Waals surface area contributed by atoms with Crippen LogP contribution < -0.4 is 16.1 Å². The molecule has 1 aromatic heterocycles. The lowest BCUT2D eigenvalue weighted by Gasteiger charge is -2.39. The number of ether oxygens (including phenoxy) is 1. The van der Waals surface area contributed by atoms with Crippen molar-refractivity contribution in [1.29, 1.82) is 0 Å². The fourth-order valence-corrected chi connectivity index (χ4v) is 5.10. The Balaban J connectivity index is 1.44. The first-order valence-corrected chi connectivity index (χ1v) is 14.2. The van der Waals surface area contributed by atoms with Crippen LogP contribution in [0.15, 0.2) is 54.7 Å². The zero-order valence-electron chi connectivity index (χ0n) is 24.0. The molecule has 12 heteroatoms. The number of pyridine rings is 1. The lowest BCUT2D eigenvalue weighted by atomic mass is 10.0. The van der Waals surface area contributed by atoms with Crippen molar-refractivity contribution in [3.63, 3.8) is 0 Å². The molecule has 0 saturated carbocycles. The van der Waals surface area contributed by atoms with Crippen LogP contribution in [0, 0.1) is 5.82 Å². The molecule has 0 bridgehead atoms. The summed E-state index contributed by atoms with van der Waals surface area (Å²) in [6.45, 7) is 7.08. The van der Waals surface area contributed by atoms with Crippen molar-refractivity contribution in [3.05, 3.63) is 71.1 Å². The molecule has 3 amide bonds. The van der Waals surface area contributed by atoms with E-state index < -0.39 is 18.0 Å². The second kappa shape index (κ2) is 13.9. The summed E-state index contributed by atoms with van der Waals surface area (Å²) in [5.74, 6) is -0.692. The van der Waals surface area contributed by atoms with Crippen LogP contribution in [0.25, 0.3) is 10.8 Å². The number of nitrogens with one attached hydrogen (secondary N) is 3. The maximum Gasteiger partial charge on any atom is 0.412 e. The van der Waals surface area contributed by atoms with Gasteiger partial charge in [0, 0.05) is 56.6 Å². The molecule has 0 spiro atoms. The molecule has 2 heterocycles. The van der Waals surface area contributed by atoms with E-state index in [0.29, 0.717) is 31.0 Å². The molecule has 0 radical (unpaired) electrons. The van der Waals surface area contributed by atoms with Crippen molar-refractivity contribution >= 4 is 46.1 Å². The largest absolute Gasteiger partial charge is 0.447 e. The molecule has 3 aromatic rings. The van der Waals surface area contributed by atoms with Gasteiger partial charge in [-0.05, 0) is 43.4 Å². The zero-order chi connectivity index (χ0) is 30.3. The maximum absolute atomic E-state index is 14.0. The standard InChI is InChI=1S/C30H36ClFN6O4/c1-20(39)38(35-17-23-9-6-10-25(32)28(23)31)24(11-12-27(40)37-14-13-34-30(2,3)19-37)18-42-29(41)36-26-15-21-7-4-5-8-22(21)16-33-26/h4-10,15-16,24,34-35H,11-14,17-19H2,1-3H3,(H,33,36,41)/t24-/m0/s1. The molecule has 42 heavy (non-hydrogen) atoms. The number of benzene rings is 2. The van der Waals surface area contributed by atoms with Crippen molar-refractivity contribution < 1.29 is 23.5 Å². The van der Waals surface area contributed by atoms with E-state index >= 15 is 0 Å². The lowest BCUT2D eigenvalue weighted by Crippen LogP contribution is -2.58. The monoisotopic (exact) mass is 598 g/mol. The molecule has 1 aliphatic heterocycles. The molecule has 0 unspecified atom stereocenters. The molecular weight excluding hydrogens is 563 g/mol. The number of hydrogen-bond donors (Lipinski definition) is 3. The van der Waals surface area contributed by atoms with Crippen LogP contribution in [-0.4, -0.2) is 70.6 Å². The van der Waals surface area contributed by atoms with Gasteiger partial charge in [0.25, 0.3) is 0 Å². The van der Waals surface area contributed by atoms with E-state index in [9.17, 15) is 18.8 Å². The number of aromatic nitrogens is 1. The number of anilines is 1. The Morgan fingerprint density at radius 3 is 2.69 bits per heavy atom. The highest BCUT2D eigenvalue weighted by Crippen LogP contribution is 2.21. The topological polar surface area (TPSA) is 116 Å². The van der Waals surface area contributed by atoms with Crippen LogP contribution in [0.4, 0.5) is 15.0 Å². The Kier molecular flexibility index (Phi) is 10.3. The molecular formula is C30H36ClFN6O4. The van der Waals surface area contributed by atoms with Crippen molar-refractivity contribution in [2.45, 2.75) is 51.7 Å². The fourth-order valence-electron chi connectivity index (χ4n) is 4.91. The number of piperazine rings is 1. The molecule has 4 rings (SSSR count). The summed E-state index contributed by atoms with van der Waals surface area (Å²) in [6.07, 6.45) is 1.24. The highest BCUT2D eigenvalue weighted by Gasteiger charge is 2.30. The molecule has 0 aliphatic carbocycles. The normalized spacial score (nSPS) is 15.2. The summed E-state index contributed by atoms with van der Waals surface area (Å²) in [6, 6.07) is 13.0. The van der Waals surface area contributed by atoms with Gasteiger partial charge in [-0.25, -0.2) is 19.6 Å². The first-order chi connectivity index (χ1) is 20.0. The lowest BCUT2D eigenvalue weighted by molar-refractivity contribution is -0.139. The summed E-state index contributed by atoms with van der Waals surface area (Å²) >= 11 is 6.11. The quantitative estimate of drug-likeness (QED) is 0.295. The third kappa shape index (κ3) is 8.37. The smallest absolute Gasteiger partial charge is 0.412 e. The Morgan fingerprint density at radius 1 is 1.19 bits per heavy atom. The predicted molar refractivity (Wildman–Crippen MR) is 159 cm³/mol. The van der Waals surface area contributed by atoms with E-state index in [0.717, 1.165) is 10.8 Å². The predicted octanol–water partition coefficient (Wildman–Crippen LogP) is 4.49. The maximum atomic E-state index is 14.0. The van der Waals surface area contributed by atoms with Crippen molar-refractivity contribution in [2.75, 3.05) is 31.6 Å². The molecule has 10 nitrogen and oxygen atoms in total. The van der Waals surface area contributed by atoms with Crippen LogP contribution in [0.2, 0.25) is 5.02 Å². The number of amides is 3. The number of carbonyl (C=O) groups is 3. The number of hydrogen-bond acceptors (Lipinski definition) is 7. The van der Waals surface area contributed by atoms with Gasteiger partial charge in [-0.15, -0.1) is 0 Å². The highest BCUT2D eigenvalue weighted by molar-refractivity contribution is 6.31. The van der Waals surface area contributed by atoms with Gasteiger partial charge in [-0.3, -0.25) is 19.9 Å². The van der Waals surface area contributed by atoms with Gasteiger partial charge in [-0.1, -0.05) is 48.0 Å².